The molecule has 0 bridgehead atoms. The Labute approximate surface area is 96.8 Å². The minimum atomic E-state index is -0.411. The van der Waals surface area contributed by atoms with Crippen LogP contribution >= 0.6 is 0 Å². The smallest absolute Gasteiger partial charge is 0.276 e. The van der Waals surface area contributed by atoms with Crippen molar-refractivity contribution in [1.82, 2.24) is 10.2 Å². The molecule has 0 unspecified atom stereocenters. The highest BCUT2D eigenvalue weighted by Crippen LogP contribution is 2.10. The predicted molar refractivity (Wildman–Crippen MR) is 60.8 cm³/mol. The van der Waals surface area contributed by atoms with Crippen LogP contribution in [0.2, 0.25) is 0 Å². The lowest BCUT2D eigenvalue weighted by atomic mass is 10.3. The SMILES string of the molecule is NCc1cc(C(=O)Nc2cccc(F)c2)n[nH]1. The molecule has 0 aliphatic heterocycles. The molecule has 2 aromatic rings. The van der Waals surface area contributed by atoms with Gasteiger partial charge in [-0.25, -0.2) is 4.39 Å². The Kier molecular flexibility index (Phi) is 3.15. The fourth-order valence-corrected chi connectivity index (χ4v) is 1.34. The first-order valence-corrected chi connectivity index (χ1v) is 5.00. The minimum Gasteiger partial charge on any atom is -0.325 e. The number of carbonyl (C=O) groups excluding carboxylic acids is 1. The molecule has 4 N–H and O–H groups in total. The molecular formula is C11H11FN4O. The quantitative estimate of drug-likeness (QED) is 0.747. The van der Waals surface area contributed by atoms with Gasteiger partial charge < -0.3 is 11.1 Å². The Bertz CT molecular complexity index is 538. The number of halogens is 1. The number of hydrogen-bond acceptors (Lipinski definition) is 3. The van der Waals surface area contributed by atoms with Crippen molar-refractivity contribution >= 4 is 11.6 Å². The molecule has 2 rings (SSSR count). The van der Waals surface area contributed by atoms with E-state index in [1.807, 2.05) is 0 Å². The third kappa shape index (κ3) is 2.67. The number of hydrogen-bond donors (Lipinski definition) is 3. The van der Waals surface area contributed by atoms with Gasteiger partial charge in [-0.1, -0.05) is 6.07 Å². The Morgan fingerprint density at radius 1 is 1.47 bits per heavy atom. The minimum absolute atomic E-state index is 0.217. The number of aromatic nitrogens is 2. The van der Waals surface area contributed by atoms with Crippen LogP contribution in [0.3, 0.4) is 0 Å². The molecule has 88 valence electrons. The van der Waals surface area contributed by atoms with Crippen molar-refractivity contribution in [3.63, 3.8) is 0 Å². The van der Waals surface area contributed by atoms with Gasteiger partial charge in [0.15, 0.2) is 5.69 Å². The summed E-state index contributed by atoms with van der Waals surface area (Å²) in [6, 6.07) is 7.19. The van der Waals surface area contributed by atoms with E-state index >= 15 is 0 Å². The molecule has 1 heterocycles. The fraction of sp³-hybridized carbons (Fsp3) is 0.0909. The standard InChI is InChI=1S/C11H11FN4O/c12-7-2-1-3-8(4-7)14-11(17)10-5-9(6-13)15-16-10/h1-5H,6,13H2,(H,14,17)(H,15,16). The van der Waals surface area contributed by atoms with Gasteiger partial charge in [-0.15, -0.1) is 0 Å². The number of aromatic amines is 1. The molecule has 0 fully saturated rings. The number of nitrogens with one attached hydrogen (secondary N) is 2. The van der Waals surface area contributed by atoms with Crippen molar-refractivity contribution in [2.45, 2.75) is 6.54 Å². The van der Waals surface area contributed by atoms with Gasteiger partial charge in [0.2, 0.25) is 0 Å². The number of H-pyrrole nitrogens is 1. The summed E-state index contributed by atoms with van der Waals surface area (Å²) in [5.41, 5.74) is 6.64. The topological polar surface area (TPSA) is 83.8 Å². The molecule has 0 atom stereocenters. The van der Waals surface area contributed by atoms with Crippen LogP contribution in [0.5, 0.6) is 0 Å². The average Bonchev–Trinajstić information content (AvgIpc) is 2.77. The zero-order valence-corrected chi connectivity index (χ0v) is 8.90. The van der Waals surface area contributed by atoms with Gasteiger partial charge in [-0.05, 0) is 24.3 Å². The summed E-state index contributed by atoms with van der Waals surface area (Å²) in [4.78, 5) is 11.7. The number of nitrogens with two attached hydrogens (primary N) is 1. The summed E-state index contributed by atoms with van der Waals surface area (Å²) in [6.45, 7) is 0.278. The highest BCUT2D eigenvalue weighted by Gasteiger charge is 2.10. The van der Waals surface area contributed by atoms with E-state index in [9.17, 15) is 9.18 Å². The number of rotatable bonds is 3. The maximum Gasteiger partial charge on any atom is 0.276 e. The van der Waals surface area contributed by atoms with E-state index in [1.165, 1.54) is 18.2 Å². The van der Waals surface area contributed by atoms with E-state index in [0.717, 1.165) is 0 Å². The zero-order valence-electron chi connectivity index (χ0n) is 8.90. The van der Waals surface area contributed by atoms with Gasteiger partial charge in [0.05, 0.1) is 0 Å². The third-order valence-corrected chi connectivity index (χ3v) is 2.17. The largest absolute Gasteiger partial charge is 0.325 e. The summed E-state index contributed by atoms with van der Waals surface area (Å²) in [5.74, 6) is -0.820. The maximum atomic E-state index is 12.9. The Hall–Kier alpha value is -2.21. The molecule has 1 aromatic carbocycles. The van der Waals surface area contributed by atoms with Gasteiger partial charge in [0.1, 0.15) is 5.82 Å². The van der Waals surface area contributed by atoms with Crippen molar-refractivity contribution in [3.05, 3.63) is 47.5 Å². The Morgan fingerprint density at radius 2 is 2.29 bits per heavy atom. The van der Waals surface area contributed by atoms with Crippen LogP contribution in [0, 0.1) is 5.82 Å². The van der Waals surface area contributed by atoms with Crippen LogP contribution < -0.4 is 11.1 Å². The van der Waals surface area contributed by atoms with E-state index in [2.05, 4.69) is 15.5 Å². The molecule has 1 aromatic heterocycles. The van der Waals surface area contributed by atoms with Crippen molar-refractivity contribution in [1.29, 1.82) is 0 Å². The lowest BCUT2D eigenvalue weighted by Gasteiger charge is -2.02. The van der Waals surface area contributed by atoms with Gasteiger partial charge in [0.25, 0.3) is 5.91 Å². The van der Waals surface area contributed by atoms with Crippen molar-refractivity contribution in [2.24, 2.45) is 5.73 Å². The molecular weight excluding hydrogens is 223 g/mol. The molecule has 0 radical (unpaired) electrons. The Morgan fingerprint density at radius 3 is 2.94 bits per heavy atom. The van der Waals surface area contributed by atoms with Crippen LogP contribution in [-0.2, 0) is 6.54 Å². The first-order chi connectivity index (χ1) is 8.19. The summed E-state index contributed by atoms with van der Waals surface area (Å²) in [6.07, 6.45) is 0. The third-order valence-electron chi connectivity index (χ3n) is 2.17. The van der Waals surface area contributed by atoms with Gasteiger partial charge in [-0.3, -0.25) is 9.89 Å². The first-order valence-electron chi connectivity index (χ1n) is 5.00. The molecule has 0 saturated carbocycles. The maximum absolute atomic E-state index is 12.9. The van der Waals surface area contributed by atoms with Gasteiger partial charge >= 0.3 is 0 Å². The summed E-state index contributed by atoms with van der Waals surface area (Å²) >= 11 is 0. The first kappa shape index (κ1) is 11.3. The van der Waals surface area contributed by atoms with Crippen molar-refractivity contribution in [2.75, 3.05) is 5.32 Å². The zero-order chi connectivity index (χ0) is 12.3. The molecule has 0 saturated heterocycles. The van der Waals surface area contributed by atoms with Gasteiger partial charge in [0, 0.05) is 17.9 Å². The molecule has 0 aliphatic carbocycles. The lowest BCUT2D eigenvalue weighted by Crippen LogP contribution is -2.12. The number of benzene rings is 1. The van der Waals surface area contributed by atoms with Crippen molar-refractivity contribution < 1.29 is 9.18 Å². The summed E-state index contributed by atoms with van der Waals surface area (Å²) in [5, 5.41) is 8.95. The van der Waals surface area contributed by atoms with Crippen LogP contribution in [0.15, 0.2) is 30.3 Å². The fourth-order valence-electron chi connectivity index (χ4n) is 1.34. The molecule has 17 heavy (non-hydrogen) atoms. The van der Waals surface area contributed by atoms with E-state index in [-0.39, 0.29) is 12.2 Å². The van der Waals surface area contributed by atoms with E-state index in [4.69, 9.17) is 5.73 Å². The highest BCUT2D eigenvalue weighted by atomic mass is 19.1. The van der Waals surface area contributed by atoms with Gasteiger partial charge in [-0.2, -0.15) is 5.10 Å². The number of carbonyl (C=O) groups is 1. The summed E-state index contributed by atoms with van der Waals surface area (Å²) in [7, 11) is 0. The molecule has 6 heteroatoms. The Balaban J connectivity index is 2.11. The lowest BCUT2D eigenvalue weighted by molar-refractivity contribution is 0.102. The number of anilines is 1. The van der Waals surface area contributed by atoms with E-state index in [0.29, 0.717) is 11.4 Å². The molecule has 5 nitrogen and oxygen atoms in total. The second-order valence-corrected chi connectivity index (χ2v) is 3.45. The van der Waals surface area contributed by atoms with Crippen LogP contribution in [0.4, 0.5) is 10.1 Å². The van der Waals surface area contributed by atoms with Crippen LogP contribution in [0.1, 0.15) is 16.2 Å². The monoisotopic (exact) mass is 234 g/mol. The average molecular weight is 234 g/mol. The molecule has 1 amide bonds. The van der Waals surface area contributed by atoms with E-state index < -0.39 is 11.7 Å². The van der Waals surface area contributed by atoms with E-state index in [1.54, 1.807) is 12.1 Å². The number of amides is 1. The number of nitrogens with zero attached hydrogens (tertiary/aromatic N) is 1. The van der Waals surface area contributed by atoms with Crippen LogP contribution in [0.25, 0.3) is 0 Å². The molecule has 0 spiro atoms. The second kappa shape index (κ2) is 4.75. The summed E-state index contributed by atoms with van der Waals surface area (Å²) < 4.78 is 12.9. The van der Waals surface area contributed by atoms with Crippen molar-refractivity contribution in [3.8, 4) is 0 Å². The predicted octanol–water partition coefficient (Wildman–Crippen LogP) is 1.26. The second-order valence-electron chi connectivity index (χ2n) is 3.45. The normalized spacial score (nSPS) is 10.2. The molecule has 0 aliphatic rings. The van der Waals surface area contributed by atoms with Crippen LogP contribution in [-0.4, -0.2) is 16.1 Å². The highest BCUT2D eigenvalue weighted by molar-refractivity contribution is 6.02.